The molecule has 0 bridgehead atoms. The number of aromatic carboxylic acids is 1. The fourth-order valence-corrected chi connectivity index (χ4v) is 4.57. The van der Waals surface area contributed by atoms with Gasteiger partial charge in [-0.1, -0.05) is 24.3 Å². The van der Waals surface area contributed by atoms with Gasteiger partial charge in [0.15, 0.2) is 11.5 Å². The quantitative estimate of drug-likeness (QED) is 0.155. The molecule has 1 aliphatic rings. The van der Waals surface area contributed by atoms with Gasteiger partial charge in [-0.05, 0) is 74.2 Å². The van der Waals surface area contributed by atoms with Gasteiger partial charge in [0.25, 0.3) is 0 Å². The SMILES string of the molecule is COc1cc(CC(=O)CC(NC2CC2)NC(C)Oc2ccc(C(=O)O)cc2OC)ccc1NC(=O)Nc1ccccc1C. The number of hydrogen-bond acceptors (Lipinski definition) is 8. The molecular formula is C32H38N4O7. The van der Waals surface area contributed by atoms with Gasteiger partial charge in [-0.15, -0.1) is 0 Å². The molecule has 0 spiro atoms. The van der Waals surface area contributed by atoms with Crippen molar-refractivity contribution < 1.29 is 33.7 Å². The van der Waals surface area contributed by atoms with Crippen molar-refractivity contribution in [3.8, 4) is 17.2 Å². The molecule has 0 heterocycles. The third-order valence-electron chi connectivity index (χ3n) is 6.90. The smallest absolute Gasteiger partial charge is 0.335 e. The molecule has 0 saturated heterocycles. The Morgan fingerprint density at radius 3 is 2.30 bits per heavy atom. The van der Waals surface area contributed by atoms with Crippen molar-refractivity contribution in [3.63, 3.8) is 0 Å². The van der Waals surface area contributed by atoms with Crippen LogP contribution in [0.4, 0.5) is 16.2 Å². The number of carbonyl (C=O) groups is 3. The molecule has 0 aromatic heterocycles. The highest BCUT2D eigenvalue weighted by Gasteiger charge is 2.27. The maximum atomic E-state index is 13.1. The average Bonchev–Trinajstić information content (AvgIpc) is 3.79. The molecular weight excluding hydrogens is 552 g/mol. The Balaban J connectivity index is 1.35. The Labute approximate surface area is 250 Å². The molecule has 11 nitrogen and oxygen atoms in total. The van der Waals surface area contributed by atoms with Crippen LogP contribution in [0.25, 0.3) is 0 Å². The molecule has 3 aromatic carbocycles. The number of carbonyl (C=O) groups excluding carboxylic acids is 2. The van der Waals surface area contributed by atoms with E-state index in [0.29, 0.717) is 34.7 Å². The van der Waals surface area contributed by atoms with Crippen LogP contribution in [-0.4, -0.2) is 55.5 Å². The fourth-order valence-electron chi connectivity index (χ4n) is 4.57. The predicted octanol–water partition coefficient (Wildman–Crippen LogP) is 4.95. The minimum Gasteiger partial charge on any atom is -0.495 e. The maximum Gasteiger partial charge on any atom is 0.335 e. The van der Waals surface area contributed by atoms with Gasteiger partial charge >= 0.3 is 12.0 Å². The molecule has 4 rings (SSSR count). The van der Waals surface area contributed by atoms with Crippen LogP contribution in [0, 0.1) is 6.92 Å². The van der Waals surface area contributed by atoms with E-state index in [-0.39, 0.29) is 30.4 Å². The summed E-state index contributed by atoms with van der Waals surface area (Å²) in [5, 5.41) is 21.6. The lowest BCUT2D eigenvalue weighted by Crippen LogP contribution is -2.50. The summed E-state index contributed by atoms with van der Waals surface area (Å²) in [6.07, 6.45) is 1.61. The van der Waals surface area contributed by atoms with E-state index in [1.807, 2.05) is 38.1 Å². The number of aryl methyl sites for hydroxylation is 1. The van der Waals surface area contributed by atoms with E-state index < -0.39 is 18.2 Å². The number of nitrogens with one attached hydrogen (secondary N) is 4. The molecule has 0 radical (unpaired) electrons. The summed E-state index contributed by atoms with van der Waals surface area (Å²) in [6, 6.07) is 17.1. The highest BCUT2D eigenvalue weighted by Crippen LogP contribution is 2.29. The van der Waals surface area contributed by atoms with Crippen LogP contribution >= 0.6 is 0 Å². The molecule has 2 unspecified atom stereocenters. The van der Waals surface area contributed by atoms with Gasteiger partial charge in [-0.3, -0.25) is 15.4 Å². The number of benzene rings is 3. The summed E-state index contributed by atoms with van der Waals surface area (Å²) < 4.78 is 16.8. The molecule has 1 aliphatic carbocycles. The third kappa shape index (κ3) is 9.19. The largest absolute Gasteiger partial charge is 0.495 e. The van der Waals surface area contributed by atoms with Crippen LogP contribution in [0.2, 0.25) is 0 Å². The number of rotatable bonds is 15. The van der Waals surface area contributed by atoms with Crippen molar-refractivity contribution in [2.24, 2.45) is 0 Å². The van der Waals surface area contributed by atoms with Crippen molar-refractivity contribution in [1.29, 1.82) is 0 Å². The normalized spacial score (nSPS) is 13.9. The number of hydrogen-bond donors (Lipinski definition) is 5. The van der Waals surface area contributed by atoms with Crippen LogP contribution < -0.4 is 35.5 Å². The summed E-state index contributed by atoms with van der Waals surface area (Å²) in [5.74, 6) is 0.0748. The highest BCUT2D eigenvalue weighted by molar-refractivity contribution is 6.01. The molecule has 43 heavy (non-hydrogen) atoms. The molecule has 1 saturated carbocycles. The van der Waals surface area contributed by atoms with Crippen LogP contribution in [0.1, 0.15) is 47.7 Å². The van der Waals surface area contributed by atoms with E-state index in [9.17, 15) is 19.5 Å². The summed E-state index contributed by atoms with van der Waals surface area (Å²) in [6.45, 7) is 3.72. The van der Waals surface area contributed by atoms with Crippen LogP contribution in [0.3, 0.4) is 0 Å². The topological polar surface area (TPSA) is 147 Å². The van der Waals surface area contributed by atoms with Gasteiger partial charge in [0, 0.05) is 24.6 Å². The average molecular weight is 591 g/mol. The van der Waals surface area contributed by atoms with Gasteiger partial charge in [0.1, 0.15) is 17.8 Å². The fraction of sp³-hybridized carbons (Fsp3) is 0.344. The molecule has 3 aromatic rings. The van der Waals surface area contributed by atoms with E-state index in [1.165, 1.54) is 26.4 Å². The number of urea groups is 1. The molecule has 0 aliphatic heterocycles. The lowest BCUT2D eigenvalue weighted by Gasteiger charge is -2.25. The second-order valence-corrected chi connectivity index (χ2v) is 10.4. The number of Topliss-reactive ketones (excluding diaryl/α,β-unsaturated/α-hetero) is 1. The molecule has 11 heteroatoms. The first kappa shape index (κ1) is 31.3. The molecule has 2 atom stereocenters. The van der Waals surface area contributed by atoms with Gasteiger partial charge < -0.3 is 30.0 Å². The molecule has 1 fully saturated rings. The van der Waals surface area contributed by atoms with Crippen LogP contribution in [-0.2, 0) is 11.2 Å². The number of anilines is 2. The standard InChI is InChI=1S/C32H38N4O7/c1-19-7-5-6-8-25(19)35-32(40)36-26-13-9-21(16-28(26)41-3)15-24(37)18-30(34-23-11-12-23)33-20(2)43-27-14-10-22(31(38)39)17-29(27)42-4/h5-10,13-14,16-17,20,23,30,33-34H,11-12,15,18H2,1-4H3,(H,38,39)(H2,35,36,40). The second kappa shape index (κ2) is 14.5. The van der Waals surface area contributed by atoms with Gasteiger partial charge in [0.2, 0.25) is 0 Å². The second-order valence-electron chi connectivity index (χ2n) is 10.4. The lowest BCUT2D eigenvalue weighted by molar-refractivity contribution is -0.119. The first-order valence-electron chi connectivity index (χ1n) is 14.1. The van der Waals surface area contributed by atoms with E-state index in [0.717, 1.165) is 24.0 Å². The number of carboxylic acids is 1. The summed E-state index contributed by atoms with van der Waals surface area (Å²) in [7, 11) is 2.95. The Morgan fingerprint density at radius 2 is 1.63 bits per heavy atom. The molecule has 5 N–H and O–H groups in total. The molecule has 228 valence electrons. The van der Waals surface area contributed by atoms with Gasteiger partial charge in [-0.25, -0.2) is 9.59 Å². The van der Waals surface area contributed by atoms with Gasteiger partial charge in [-0.2, -0.15) is 0 Å². The number of ether oxygens (including phenoxy) is 3. The Hall–Kier alpha value is -4.61. The maximum absolute atomic E-state index is 13.1. The zero-order valence-electron chi connectivity index (χ0n) is 24.7. The Kier molecular flexibility index (Phi) is 10.6. The van der Waals surface area contributed by atoms with Gasteiger partial charge in [0.05, 0.1) is 31.6 Å². The molecule has 2 amide bonds. The summed E-state index contributed by atoms with van der Waals surface area (Å²) >= 11 is 0. The number of para-hydroxylation sites is 1. The highest BCUT2D eigenvalue weighted by atomic mass is 16.5. The zero-order chi connectivity index (χ0) is 30.9. The van der Waals surface area contributed by atoms with Crippen LogP contribution in [0.15, 0.2) is 60.7 Å². The summed E-state index contributed by atoms with van der Waals surface area (Å²) in [4.78, 5) is 37.0. The van der Waals surface area contributed by atoms with Crippen molar-refractivity contribution >= 4 is 29.2 Å². The first-order chi connectivity index (χ1) is 20.6. The first-order valence-corrected chi connectivity index (χ1v) is 14.1. The predicted molar refractivity (Wildman–Crippen MR) is 163 cm³/mol. The minimum atomic E-state index is -1.06. The number of methoxy groups -OCH3 is 2. The minimum absolute atomic E-state index is 0.00120. The van der Waals surface area contributed by atoms with E-state index in [1.54, 1.807) is 24.3 Å². The van der Waals surface area contributed by atoms with Crippen LogP contribution in [0.5, 0.6) is 17.2 Å². The summed E-state index contributed by atoms with van der Waals surface area (Å²) in [5.41, 5.74) is 2.98. The lowest BCUT2D eigenvalue weighted by atomic mass is 10.0. The van der Waals surface area contributed by atoms with E-state index in [2.05, 4.69) is 21.3 Å². The monoisotopic (exact) mass is 590 g/mol. The third-order valence-corrected chi connectivity index (χ3v) is 6.90. The Bertz CT molecular complexity index is 1460. The van der Waals surface area contributed by atoms with Crippen molar-refractivity contribution in [2.75, 3.05) is 24.9 Å². The van der Waals surface area contributed by atoms with Crippen molar-refractivity contribution in [1.82, 2.24) is 10.6 Å². The van der Waals surface area contributed by atoms with E-state index in [4.69, 9.17) is 14.2 Å². The zero-order valence-corrected chi connectivity index (χ0v) is 24.7. The van der Waals surface area contributed by atoms with Crippen molar-refractivity contribution in [2.45, 2.75) is 58.0 Å². The Morgan fingerprint density at radius 1 is 0.907 bits per heavy atom. The van der Waals surface area contributed by atoms with Crippen molar-refractivity contribution in [3.05, 3.63) is 77.4 Å². The number of amides is 2. The number of ketones is 1. The van der Waals surface area contributed by atoms with E-state index >= 15 is 0 Å². The number of carboxylic acid groups (broad SMARTS) is 1.